The number of hydrogen-bond donors (Lipinski definition) is 3. The van der Waals surface area contributed by atoms with Crippen molar-refractivity contribution < 1.29 is 14.3 Å². The number of nitrogens with one attached hydrogen (secondary N) is 3. The van der Waals surface area contributed by atoms with E-state index < -0.39 is 18.1 Å². The molecule has 0 unspecified atom stereocenters. The van der Waals surface area contributed by atoms with E-state index in [-0.39, 0.29) is 12.1 Å². The summed E-state index contributed by atoms with van der Waals surface area (Å²) in [4.78, 5) is 25.2. The molecule has 0 heterocycles. The van der Waals surface area contributed by atoms with Gasteiger partial charge in [-0.05, 0) is 25.7 Å². The van der Waals surface area contributed by atoms with Crippen molar-refractivity contribution in [1.82, 2.24) is 15.5 Å². The lowest BCUT2D eigenvalue weighted by atomic mass is 10.2. The fraction of sp³-hybridized carbons (Fsp3) is 0.786. The van der Waals surface area contributed by atoms with Crippen molar-refractivity contribution >= 4 is 18.1 Å². The molecule has 0 spiro atoms. The van der Waals surface area contributed by atoms with Crippen molar-refractivity contribution in [3.8, 4) is 0 Å². The van der Waals surface area contributed by atoms with Gasteiger partial charge in [0.05, 0.1) is 7.11 Å². The molecule has 0 atom stereocenters. The summed E-state index contributed by atoms with van der Waals surface area (Å²) < 4.78 is 4.77. The van der Waals surface area contributed by atoms with Crippen LogP contribution in [0.5, 0.6) is 0 Å². The Morgan fingerprint density at radius 1 is 0.952 bits per heavy atom. The van der Waals surface area contributed by atoms with Crippen LogP contribution in [0, 0.1) is 5.41 Å². The van der Waals surface area contributed by atoms with Gasteiger partial charge in [-0.15, -0.1) is 0 Å². The fourth-order valence-electron chi connectivity index (χ4n) is 2.99. The standard InChI is InChI=1S/C14H24N4O3/c1-21-12(15)18(13(19)16-10-6-2-3-7-10)14(20)17-11-8-4-5-9-11/h10-11,15H,2-9H2,1H3,(H,16,19)(H,17,20). The van der Waals surface area contributed by atoms with E-state index in [1.54, 1.807) is 0 Å². The van der Waals surface area contributed by atoms with Crippen LogP contribution in [-0.4, -0.2) is 42.2 Å². The first-order chi connectivity index (χ1) is 10.1. The number of rotatable bonds is 2. The number of amides is 4. The number of methoxy groups -OCH3 is 1. The predicted octanol–water partition coefficient (Wildman–Crippen LogP) is 2.17. The van der Waals surface area contributed by atoms with Gasteiger partial charge >= 0.3 is 18.1 Å². The van der Waals surface area contributed by atoms with Gasteiger partial charge in [0.1, 0.15) is 0 Å². The summed E-state index contributed by atoms with van der Waals surface area (Å²) in [7, 11) is 1.28. The molecule has 0 aromatic heterocycles. The van der Waals surface area contributed by atoms with Gasteiger partial charge in [-0.2, -0.15) is 4.90 Å². The van der Waals surface area contributed by atoms with E-state index in [0.717, 1.165) is 56.3 Å². The number of nitrogens with zero attached hydrogens (tertiary/aromatic N) is 1. The number of amidine groups is 1. The highest BCUT2D eigenvalue weighted by Gasteiger charge is 2.31. The first-order valence-electron chi connectivity index (χ1n) is 7.65. The molecule has 2 aliphatic rings. The van der Waals surface area contributed by atoms with Gasteiger partial charge in [0.25, 0.3) is 0 Å². The van der Waals surface area contributed by atoms with E-state index in [9.17, 15) is 9.59 Å². The lowest BCUT2D eigenvalue weighted by molar-refractivity contribution is 0.189. The Bertz CT molecular complexity index is 371. The van der Waals surface area contributed by atoms with Crippen molar-refractivity contribution in [3.05, 3.63) is 0 Å². The quantitative estimate of drug-likeness (QED) is 0.538. The van der Waals surface area contributed by atoms with Crippen molar-refractivity contribution in [2.24, 2.45) is 0 Å². The van der Waals surface area contributed by atoms with E-state index in [2.05, 4.69) is 10.6 Å². The monoisotopic (exact) mass is 296 g/mol. The molecule has 4 amide bonds. The van der Waals surface area contributed by atoms with E-state index in [1.165, 1.54) is 7.11 Å². The molecule has 0 aromatic rings. The van der Waals surface area contributed by atoms with Crippen LogP contribution in [-0.2, 0) is 4.74 Å². The highest BCUT2D eigenvalue weighted by atomic mass is 16.5. The Kier molecular flexibility index (Phi) is 5.41. The molecular formula is C14H24N4O3. The van der Waals surface area contributed by atoms with E-state index >= 15 is 0 Å². The highest BCUT2D eigenvalue weighted by molar-refractivity contribution is 6.08. The molecule has 0 aliphatic heterocycles. The SMILES string of the molecule is COC(=N)N(C(=O)NC1CCCC1)C(=O)NC1CCCC1. The first-order valence-corrected chi connectivity index (χ1v) is 7.65. The van der Waals surface area contributed by atoms with Gasteiger partial charge in [-0.1, -0.05) is 25.7 Å². The van der Waals surface area contributed by atoms with Crippen LogP contribution < -0.4 is 10.6 Å². The Balaban J connectivity index is 1.96. The average Bonchev–Trinajstić information content (AvgIpc) is 3.12. The Morgan fingerprint density at radius 3 is 1.67 bits per heavy atom. The first kappa shape index (κ1) is 15.6. The largest absolute Gasteiger partial charge is 0.468 e. The van der Waals surface area contributed by atoms with Crippen LogP contribution in [0.4, 0.5) is 9.59 Å². The smallest absolute Gasteiger partial charge is 0.334 e. The minimum atomic E-state index is -0.579. The fourth-order valence-corrected chi connectivity index (χ4v) is 2.99. The molecule has 2 rings (SSSR count). The zero-order valence-electron chi connectivity index (χ0n) is 12.5. The molecule has 2 aliphatic carbocycles. The van der Waals surface area contributed by atoms with Gasteiger partial charge in [-0.3, -0.25) is 5.41 Å². The van der Waals surface area contributed by atoms with Crippen LogP contribution >= 0.6 is 0 Å². The number of carbonyl (C=O) groups excluding carboxylic acids is 2. The average molecular weight is 296 g/mol. The maximum absolute atomic E-state index is 12.2. The lowest BCUT2D eigenvalue weighted by Gasteiger charge is -2.24. The second-order valence-electron chi connectivity index (χ2n) is 5.71. The lowest BCUT2D eigenvalue weighted by Crippen LogP contribution is -2.54. The molecule has 0 aromatic carbocycles. The number of carbonyl (C=O) groups is 2. The minimum absolute atomic E-state index is 0.0870. The maximum Gasteiger partial charge on any atom is 0.334 e. The number of ether oxygens (including phenoxy) is 1. The number of hydrogen-bond acceptors (Lipinski definition) is 4. The summed E-state index contributed by atoms with van der Waals surface area (Å²) in [6.07, 6.45) is 8.02. The molecule has 118 valence electrons. The normalized spacial score (nSPS) is 19.3. The Hall–Kier alpha value is -1.79. The van der Waals surface area contributed by atoms with E-state index in [1.807, 2.05) is 0 Å². The Morgan fingerprint density at radius 2 is 1.33 bits per heavy atom. The predicted molar refractivity (Wildman–Crippen MR) is 78.2 cm³/mol. The van der Waals surface area contributed by atoms with E-state index in [4.69, 9.17) is 10.1 Å². The number of urea groups is 2. The highest BCUT2D eigenvalue weighted by Crippen LogP contribution is 2.19. The summed E-state index contributed by atoms with van der Waals surface area (Å²) in [6, 6.07) is -1.44. The summed E-state index contributed by atoms with van der Waals surface area (Å²) in [6.45, 7) is 0. The summed E-state index contributed by atoms with van der Waals surface area (Å²) in [5.74, 6) is 0. The molecule has 7 nitrogen and oxygen atoms in total. The van der Waals surface area contributed by atoms with Crippen LogP contribution in [0.2, 0.25) is 0 Å². The topological polar surface area (TPSA) is 94.5 Å². The van der Waals surface area contributed by atoms with E-state index in [0.29, 0.717) is 0 Å². The molecular weight excluding hydrogens is 272 g/mol. The van der Waals surface area contributed by atoms with Crippen LogP contribution in [0.15, 0.2) is 0 Å². The zero-order chi connectivity index (χ0) is 15.2. The molecule has 0 bridgehead atoms. The molecule has 0 radical (unpaired) electrons. The second-order valence-corrected chi connectivity index (χ2v) is 5.71. The maximum atomic E-state index is 12.2. The third-order valence-corrected chi connectivity index (χ3v) is 4.17. The van der Waals surface area contributed by atoms with Crippen molar-refractivity contribution in [2.45, 2.75) is 63.5 Å². The van der Waals surface area contributed by atoms with Gasteiger partial charge < -0.3 is 15.4 Å². The molecule has 21 heavy (non-hydrogen) atoms. The molecule has 3 N–H and O–H groups in total. The van der Waals surface area contributed by atoms with Crippen LogP contribution in [0.1, 0.15) is 51.4 Å². The van der Waals surface area contributed by atoms with Crippen molar-refractivity contribution in [3.63, 3.8) is 0 Å². The van der Waals surface area contributed by atoms with Crippen LogP contribution in [0.3, 0.4) is 0 Å². The third-order valence-electron chi connectivity index (χ3n) is 4.17. The number of imide groups is 1. The summed E-state index contributed by atoms with van der Waals surface area (Å²) >= 11 is 0. The van der Waals surface area contributed by atoms with Gasteiger partial charge in [0.15, 0.2) is 0 Å². The molecule has 2 saturated carbocycles. The minimum Gasteiger partial charge on any atom is -0.468 e. The second kappa shape index (κ2) is 7.28. The summed E-state index contributed by atoms with van der Waals surface area (Å²) in [5.41, 5.74) is 0. The zero-order valence-corrected chi connectivity index (χ0v) is 12.5. The van der Waals surface area contributed by atoms with Crippen LogP contribution in [0.25, 0.3) is 0 Å². The Labute approximate surface area is 124 Å². The van der Waals surface area contributed by atoms with Gasteiger partial charge in [-0.25, -0.2) is 9.59 Å². The van der Waals surface area contributed by atoms with Crippen molar-refractivity contribution in [1.29, 1.82) is 5.41 Å². The third kappa shape index (κ3) is 4.09. The van der Waals surface area contributed by atoms with Crippen molar-refractivity contribution in [2.75, 3.05) is 7.11 Å². The molecule has 7 heteroatoms. The van der Waals surface area contributed by atoms with Gasteiger partial charge in [0, 0.05) is 12.1 Å². The summed E-state index contributed by atoms with van der Waals surface area (Å²) in [5, 5.41) is 13.3. The molecule has 2 fully saturated rings. The van der Waals surface area contributed by atoms with Gasteiger partial charge in [0.2, 0.25) is 0 Å². The molecule has 0 saturated heterocycles.